The number of aromatic nitrogens is 2. The molecule has 0 bridgehead atoms. The molecule has 2 aromatic heterocycles. The van der Waals surface area contributed by atoms with Gasteiger partial charge in [0.15, 0.2) is 23.7 Å². The van der Waals surface area contributed by atoms with Crippen molar-refractivity contribution in [1.29, 1.82) is 0 Å². The first-order valence-corrected chi connectivity index (χ1v) is 6.78. The monoisotopic (exact) mass is 288 g/mol. The van der Waals surface area contributed by atoms with E-state index in [9.17, 15) is 4.79 Å². The summed E-state index contributed by atoms with van der Waals surface area (Å²) in [5.41, 5.74) is 6.78. The van der Waals surface area contributed by atoms with E-state index in [2.05, 4.69) is 15.3 Å². The van der Waals surface area contributed by atoms with Gasteiger partial charge < -0.3 is 20.2 Å². The Labute approximate surface area is 121 Å². The van der Waals surface area contributed by atoms with E-state index >= 15 is 0 Å². The molecule has 1 aliphatic rings. The zero-order chi connectivity index (χ0) is 14.7. The maximum absolute atomic E-state index is 11.0. The summed E-state index contributed by atoms with van der Waals surface area (Å²) in [6.45, 7) is 1.44. The molecule has 0 spiro atoms. The van der Waals surface area contributed by atoms with Crippen molar-refractivity contribution in [3.8, 4) is 11.5 Å². The Bertz CT molecular complexity index is 635. The summed E-state index contributed by atoms with van der Waals surface area (Å²) in [6, 6.07) is 1.85. The quantitative estimate of drug-likeness (QED) is 0.825. The van der Waals surface area contributed by atoms with Gasteiger partial charge in [-0.15, -0.1) is 0 Å². The summed E-state index contributed by atoms with van der Waals surface area (Å²) < 4.78 is 10.6. The summed E-state index contributed by atoms with van der Waals surface area (Å²) >= 11 is 0. The molecular formula is C14H16N4O3. The van der Waals surface area contributed by atoms with Crippen molar-refractivity contribution in [3.05, 3.63) is 24.1 Å². The minimum Gasteiger partial charge on any atom is -0.462 e. The lowest BCUT2D eigenvalue weighted by Crippen LogP contribution is -2.28. The van der Waals surface area contributed by atoms with Crippen molar-refractivity contribution >= 4 is 17.9 Å². The first-order chi connectivity index (χ1) is 10.3. The molecule has 0 saturated carbocycles. The van der Waals surface area contributed by atoms with E-state index < -0.39 is 0 Å². The van der Waals surface area contributed by atoms with Crippen LogP contribution >= 0.6 is 0 Å². The Morgan fingerprint density at radius 1 is 1.38 bits per heavy atom. The highest BCUT2D eigenvalue weighted by Crippen LogP contribution is 2.25. The number of aldehydes is 1. The molecule has 110 valence electrons. The van der Waals surface area contributed by atoms with Crippen LogP contribution in [0.25, 0.3) is 11.5 Å². The van der Waals surface area contributed by atoms with Crippen LogP contribution in [-0.2, 0) is 4.74 Å². The average Bonchev–Trinajstić information content (AvgIpc) is 2.99. The van der Waals surface area contributed by atoms with E-state index in [1.54, 1.807) is 6.07 Å². The van der Waals surface area contributed by atoms with Crippen LogP contribution in [0, 0.1) is 0 Å². The molecule has 7 nitrogen and oxygen atoms in total. The van der Waals surface area contributed by atoms with Gasteiger partial charge in [0.1, 0.15) is 5.69 Å². The van der Waals surface area contributed by atoms with E-state index in [0.29, 0.717) is 28.7 Å². The minimum absolute atomic E-state index is 0.257. The van der Waals surface area contributed by atoms with Crippen LogP contribution in [0.4, 0.5) is 11.6 Å². The van der Waals surface area contributed by atoms with Gasteiger partial charge in [-0.25, -0.2) is 9.97 Å². The zero-order valence-corrected chi connectivity index (χ0v) is 11.4. The number of nitrogen functional groups attached to an aromatic ring is 1. The number of carbonyl (C=O) groups is 1. The van der Waals surface area contributed by atoms with Gasteiger partial charge in [-0.1, -0.05) is 0 Å². The number of nitrogens with one attached hydrogen (secondary N) is 1. The van der Waals surface area contributed by atoms with E-state index in [4.69, 9.17) is 14.9 Å². The van der Waals surface area contributed by atoms with Gasteiger partial charge in [0, 0.05) is 19.3 Å². The Morgan fingerprint density at radius 2 is 2.19 bits per heavy atom. The number of ether oxygens (including phenoxy) is 1. The van der Waals surface area contributed by atoms with Crippen molar-refractivity contribution in [2.45, 2.75) is 18.9 Å². The lowest BCUT2D eigenvalue weighted by Gasteiger charge is -2.24. The summed E-state index contributed by atoms with van der Waals surface area (Å²) in [7, 11) is 0. The van der Waals surface area contributed by atoms with E-state index in [1.807, 2.05) is 0 Å². The van der Waals surface area contributed by atoms with Gasteiger partial charge in [0.2, 0.25) is 0 Å². The van der Waals surface area contributed by atoms with E-state index in [1.165, 1.54) is 12.5 Å². The lowest BCUT2D eigenvalue weighted by atomic mass is 10.1. The molecule has 3 rings (SSSR count). The van der Waals surface area contributed by atoms with Gasteiger partial charge in [0.05, 0.1) is 18.0 Å². The average molecular weight is 288 g/mol. The smallest absolute Gasteiger partial charge is 0.169 e. The number of carbonyl (C=O) groups excluding carboxylic acids is 1. The Kier molecular flexibility index (Phi) is 3.83. The van der Waals surface area contributed by atoms with E-state index in [-0.39, 0.29) is 6.04 Å². The fourth-order valence-electron chi connectivity index (χ4n) is 2.27. The molecule has 3 N–H and O–H groups in total. The molecule has 1 saturated heterocycles. The molecule has 1 fully saturated rings. The zero-order valence-electron chi connectivity index (χ0n) is 11.4. The normalized spacial score (nSPS) is 15.8. The highest BCUT2D eigenvalue weighted by molar-refractivity contribution is 5.84. The van der Waals surface area contributed by atoms with Crippen molar-refractivity contribution in [3.63, 3.8) is 0 Å². The second-order valence-corrected chi connectivity index (χ2v) is 4.84. The van der Waals surface area contributed by atoms with Gasteiger partial charge in [-0.05, 0) is 18.9 Å². The Morgan fingerprint density at radius 3 is 2.95 bits per heavy atom. The van der Waals surface area contributed by atoms with E-state index in [0.717, 1.165) is 32.3 Å². The molecule has 0 amide bonds. The molecule has 7 heteroatoms. The molecule has 0 atom stereocenters. The van der Waals surface area contributed by atoms with Crippen LogP contribution in [0.5, 0.6) is 0 Å². The van der Waals surface area contributed by atoms with Gasteiger partial charge in [-0.3, -0.25) is 4.79 Å². The number of rotatable bonds is 4. The minimum atomic E-state index is 0.257. The number of nitrogens with zero attached hydrogens (tertiary/aromatic N) is 2. The van der Waals surface area contributed by atoms with Crippen LogP contribution in [0.1, 0.15) is 23.2 Å². The van der Waals surface area contributed by atoms with Crippen LogP contribution in [0.2, 0.25) is 0 Å². The molecule has 2 aromatic rings. The van der Waals surface area contributed by atoms with Crippen LogP contribution < -0.4 is 11.1 Å². The van der Waals surface area contributed by atoms with Gasteiger partial charge >= 0.3 is 0 Å². The number of hydrogen-bond donors (Lipinski definition) is 2. The second-order valence-electron chi connectivity index (χ2n) is 4.84. The highest BCUT2D eigenvalue weighted by Gasteiger charge is 2.17. The van der Waals surface area contributed by atoms with Gasteiger partial charge in [-0.2, -0.15) is 0 Å². The lowest BCUT2D eigenvalue weighted by molar-refractivity contribution is 0.0904. The third-order valence-electron chi connectivity index (χ3n) is 3.42. The van der Waals surface area contributed by atoms with Crippen molar-refractivity contribution < 1.29 is 13.9 Å². The molecule has 0 radical (unpaired) electrons. The Hall–Kier alpha value is -2.41. The van der Waals surface area contributed by atoms with Crippen LogP contribution in [-0.4, -0.2) is 35.5 Å². The first-order valence-electron chi connectivity index (χ1n) is 6.78. The molecule has 0 aliphatic carbocycles. The molecular weight excluding hydrogens is 272 g/mol. The molecule has 1 aliphatic heterocycles. The highest BCUT2D eigenvalue weighted by atomic mass is 16.5. The third-order valence-corrected chi connectivity index (χ3v) is 3.42. The third kappa shape index (κ3) is 2.87. The SMILES string of the molecule is Nc1ncc(-c2occc2C=O)nc1NC1CCOCC1. The summed E-state index contributed by atoms with van der Waals surface area (Å²) in [5, 5.41) is 3.28. The second kappa shape index (κ2) is 5.92. The van der Waals surface area contributed by atoms with Crippen LogP contribution in [0.3, 0.4) is 0 Å². The summed E-state index contributed by atoms with van der Waals surface area (Å²) in [4.78, 5) is 19.5. The molecule has 3 heterocycles. The van der Waals surface area contributed by atoms with Crippen molar-refractivity contribution in [1.82, 2.24) is 9.97 Å². The number of furan rings is 1. The number of anilines is 2. The van der Waals surface area contributed by atoms with Crippen molar-refractivity contribution in [2.75, 3.05) is 24.3 Å². The Balaban J connectivity index is 1.87. The predicted molar refractivity (Wildman–Crippen MR) is 77.0 cm³/mol. The van der Waals surface area contributed by atoms with Gasteiger partial charge in [0.25, 0.3) is 0 Å². The number of nitrogens with two attached hydrogens (primary N) is 1. The molecule has 0 unspecified atom stereocenters. The first kappa shape index (κ1) is 13.6. The number of hydrogen-bond acceptors (Lipinski definition) is 7. The van der Waals surface area contributed by atoms with Crippen LogP contribution in [0.15, 0.2) is 22.9 Å². The topological polar surface area (TPSA) is 103 Å². The van der Waals surface area contributed by atoms with Crippen molar-refractivity contribution in [2.24, 2.45) is 0 Å². The largest absolute Gasteiger partial charge is 0.462 e. The fraction of sp³-hybridized carbons (Fsp3) is 0.357. The standard InChI is InChI=1S/C14H16N4O3/c15-13-14(17-10-2-4-20-5-3-10)18-11(7-16-13)12-9(8-19)1-6-21-12/h1,6-8,10H,2-5H2,(H2,15,16)(H,17,18). The predicted octanol–water partition coefficient (Wildman–Crippen LogP) is 1.72. The summed E-state index contributed by atoms with van der Waals surface area (Å²) in [5.74, 6) is 1.23. The maximum Gasteiger partial charge on any atom is 0.169 e. The fourth-order valence-corrected chi connectivity index (χ4v) is 2.27. The molecule has 0 aromatic carbocycles. The summed E-state index contributed by atoms with van der Waals surface area (Å²) in [6.07, 6.45) is 5.46. The molecule has 21 heavy (non-hydrogen) atoms. The maximum atomic E-state index is 11.0.